The van der Waals surface area contributed by atoms with Crippen molar-refractivity contribution in [1.29, 1.82) is 0 Å². The van der Waals surface area contributed by atoms with Crippen LogP contribution in [0, 0.1) is 5.92 Å². The SMILES string of the molecule is CO[C@@H](c1ccc(N2C(=O)COc3ccccc32)cc1)[C@@H](C)/C=C/CC(=O)N(CCO)Cc1ccccc1. The van der Waals surface area contributed by atoms with Gasteiger partial charge in [-0.2, -0.15) is 0 Å². The van der Waals surface area contributed by atoms with Gasteiger partial charge in [0.05, 0.1) is 18.4 Å². The van der Waals surface area contributed by atoms with Crippen molar-refractivity contribution in [2.75, 3.05) is 31.8 Å². The fourth-order valence-corrected chi connectivity index (χ4v) is 4.68. The van der Waals surface area contributed by atoms with E-state index in [2.05, 4.69) is 0 Å². The van der Waals surface area contributed by atoms with E-state index in [1.807, 2.05) is 97.9 Å². The molecule has 0 aliphatic carbocycles. The predicted molar refractivity (Wildman–Crippen MR) is 147 cm³/mol. The summed E-state index contributed by atoms with van der Waals surface area (Å²) in [4.78, 5) is 28.8. The van der Waals surface area contributed by atoms with Gasteiger partial charge in [0.25, 0.3) is 5.91 Å². The molecule has 0 saturated carbocycles. The van der Waals surface area contributed by atoms with E-state index in [0.29, 0.717) is 18.8 Å². The molecule has 7 nitrogen and oxygen atoms in total. The molecule has 4 rings (SSSR count). The van der Waals surface area contributed by atoms with E-state index in [9.17, 15) is 14.7 Å². The standard InChI is InChI=1S/C31H34N2O5/c1-23(9-8-14-29(35)32(19-20-34)21-24-10-4-3-5-11-24)31(37-2)25-15-17-26(18-16-25)33-27-12-6-7-13-28(27)38-22-30(33)36/h3-13,15-18,23,31,34H,14,19-22H2,1-2H3/b9-8+/t23-,31+/m0/s1. The largest absolute Gasteiger partial charge is 0.482 e. The predicted octanol–water partition coefficient (Wildman–Crippen LogP) is 5.03. The number of hydrogen-bond donors (Lipinski definition) is 1. The fourth-order valence-electron chi connectivity index (χ4n) is 4.68. The molecule has 2 amide bonds. The Balaban J connectivity index is 1.40. The average Bonchev–Trinajstić information content (AvgIpc) is 2.94. The van der Waals surface area contributed by atoms with Crippen molar-refractivity contribution in [3.63, 3.8) is 0 Å². The lowest BCUT2D eigenvalue weighted by molar-refractivity contribution is -0.131. The van der Waals surface area contributed by atoms with Crippen LogP contribution in [0.15, 0.2) is 91.0 Å². The number of fused-ring (bicyclic) bond motifs is 1. The molecule has 198 valence electrons. The molecule has 0 bridgehead atoms. The molecule has 0 aromatic heterocycles. The maximum atomic E-state index is 12.8. The summed E-state index contributed by atoms with van der Waals surface area (Å²) in [5, 5.41) is 9.42. The molecule has 3 aromatic carbocycles. The molecule has 7 heteroatoms. The monoisotopic (exact) mass is 514 g/mol. The minimum absolute atomic E-state index is 0.00108. The Labute approximate surface area is 223 Å². The Morgan fingerprint density at radius 3 is 2.50 bits per heavy atom. The van der Waals surface area contributed by atoms with Crippen LogP contribution in [0.4, 0.5) is 11.4 Å². The zero-order chi connectivity index (χ0) is 26.9. The molecule has 0 spiro atoms. The average molecular weight is 515 g/mol. The molecule has 1 aliphatic rings. The quantitative estimate of drug-likeness (QED) is 0.363. The Hall–Kier alpha value is -3.94. The summed E-state index contributed by atoms with van der Waals surface area (Å²) < 4.78 is 11.4. The first-order valence-corrected chi connectivity index (χ1v) is 12.8. The fraction of sp³-hybridized carbons (Fsp3) is 0.290. The van der Waals surface area contributed by atoms with Crippen LogP contribution < -0.4 is 9.64 Å². The van der Waals surface area contributed by atoms with Crippen LogP contribution in [0.1, 0.15) is 30.6 Å². The van der Waals surface area contributed by atoms with Crippen LogP contribution in [0.5, 0.6) is 5.75 Å². The van der Waals surface area contributed by atoms with Crippen molar-refractivity contribution in [3.8, 4) is 5.75 Å². The maximum absolute atomic E-state index is 12.8. The van der Waals surface area contributed by atoms with Gasteiger partial charge in [-0.05, 0) is 35.4 Å². The molecule has 3 aromatic rings. The summed E-state index contributed by atoms with van der Waals surface area (Å²) in [6, 6.07) is 25.0. The van der Waals surface area contributed by atoms with Gasteiger partial charge < -0.3 is 19.5 Å². The Morgan fingerprint density at radius 1 is 1.08 bits per heavy atom. The molecule has 0 unspecified atom stereocenters. The highest BCUT2D eigenvalue weighted by molar-refractivity contribution is 6.04. The molecule has 1 N–H and O–H groups in total. The number of nitrogens with zero attached hydrogens (tertiary/aromatic N) is 2. The number of rotatable bonds is 11. The molecule has 1 heterocycles. The number of para-hydroxylation sites is 2. The summed E-state index contributed by atoms with van der Waals surface area (Å²) in [6.45, 7) is 2.72. The minimum atomic E-state index is -0.221. The lowest BCUT2D eigenvalue weighted by Crippen LogP contribution is -2.35. The van der Waals surface area contributed by atoms with Crippen LogP contribution in [0.3, 0.4) is 0 Å². The highest BCUT2D eigenvalue weighted by atomic mass is 16.5. The molecular weight excluding hydrogens is 480 g/mol. The number of carbonyl (C=O) groups excluding carboxylic acids is 2. The first-order valence-electron chi connectivity index (χ1n) is 12.8. The zero-order valence-corrected chi connectivity index (χ0v) is 21.8. The van der Waals surface area contributed by atoms with Gasteiger partial charge in [0.1, 0.15) is 5.75 Å². The first-order chi connectivity index (χ1) is 18.5. The molecule has 0 saturated heterocycles. The highest BCUT2D eigenvalue weighted by Gasteiger charge is 2.27. The number of aliphatic hydroxyl groups is 1. The summed E-state index contributed by atoms with van der Waals surface area (Å²) in [5.41, 5.74) is 3.49. The summed E-state index contributed by atoms with van der Waals surface area (Å²) in [6.07, 6.45) is 3.87. The van der Waals surface area contributed by atoms with E-state index in [-0.39, 0.29) is 43.5 Å². The van der Waals surface area contributed by atoms with Gasteiger partial charge in [-0.15, -0.1) is 0 Å². The third-order valence-corrected chi connectivity index (χ3v) is 6.59. The number of amides is 2. The third kappa shape index (κ3) is 6.49. The minimum Gasteiger partial charge on any atom is -0.482 e. The van der Waals surface area contributed by atoms with Crippen LogP contribution in [-0.4, -0.2) is 48.7 Å². The van der Waals surface area contributed by atoms with Crippen molar-refractivity contribution in [2.45, 2.75) is 26.0 Å². The van der Waals surface area contributed by atoms with Crippen molar-refractivity contribution >= 4 is 23.2 Å². The van der Waals surface area contributed by atoms with Gasteiger partial charge in [-0.25, -0.2) is 0 Å². The van der Waals surface area contributed by atoms with Crippen molar-refractivity contribution in [2.24, 2.45) is 5.92 Å². The maximum Gasteiger partial charge on any atom is 0.269 e. The number of anilines is 2. The van der Waals surface area contributed by atoms with E-state index in [1.54, 1.807) is 16.9 Å². The molecule has 0 fully saturated rings. The van der Waals surface area contributed by atoms with E-state index in [0.717, 1.165) is 22.5 Å². The molecule has 38 heavy (non-hydrogen) atoms. The van der Waals surface area contributed by atoms with Crippen LogP contribution in [-0.2, 0) is 20.9 Å². The van der Waals surface area contributed by atoms with Crippen LogP contribution in [0.25, 0.3) is 0 Å². The second-order valence-corrected chi connectivity index (χ2v) is 9.25. The normalized spacial score (nSPS) is 14.6. The number of methoxy groups -OCH3 is 1. The van der Waals surface area contributed by atoms with E-state index < -0.39 is 0 Å². The van der Waals surface area contributed by atoms with Gasteiger partial charge in [0.15, 0.2) is 6.61 Å². The summed E-state index contributed by atoms with van der Waals surface area (Å²) in [7, 11) is 1.67. The summed E-state index contributed by atoms with van der Waals surface area (Å²) >= 11 is 0. The number of aliphatic hydroxyl groups excluding tert-OH is 1. The van der Waals surface area contributed by atoms with Gasteiger partial charge in [-0.3, -0.25) is 14.5 Å². The number of benzene rings is 3. The molecule has 2 atom stereocenters. The lowest BCUT2D eigenvalue weighted by Gasteiger charge is -2.29. The second-order valence-electron chi connectivity index (χ2n) is 9.25. The Morgan fingerprint density at radius 2 is 1.79 bits per heavy atom. The molecule has 0 radical (unpaired) electrons. The van der Waals surface area contributed by atoms with Gasteiger partial charge in [0.2, 0.25) is 5.91 Å². The third-order valence-electron chi connectivity index (χ3n) is 6.59. The van der Waals surface area contributed by atoms with E-state index in [4.69, 9.17) is 9.47 Å². The van der Waals surface area contributed by atoms with E-state index >= 15 is 0 Å². The topological polar surface area (TPSA) is 79.3 Å². The van der Waals surface area contributed by atoms with Crippen molar-refractivity contribution in [1.82, 2.24) is 4.90 Å². The van der Waals surface area contributed by atoms with Crippen molar-refractivity contribution < 1.29 is 24.2 Å². The lowest BCUT2D eigenvalue weighted by atomic mass is 9.96. The van der Waals surface area contributed by atoms with Gasteiger partial charge in [-0.1, -0.05) is 73.7 Å². The van der Waals surface area contributed by atoms with Crippen molar-refractivity contribution in [3.05, 3.63) is 102 Å². The van der Waals surface area contributed by atoms with E-state index in [1.165, 1.54) is 0 Å². The van der Waals surface area contributed by atoms with Gasteiger partial charge >= 0.3 is 0 Å². The Kier molecular flexibility index (Phi) is 9.30. The molecule has 1 aliphatic heterocycles. The Bertz CT molecular complexity index is 1240. The number of hydrogen-bond acceptors (Lipinski definition) is 5. The smallest absolute Gasteiger partial charge is 0.269 e. The van der Waals surface area contributed by atoms with Crippen LogP contribution >= 0.6 is 0 Å². The number of ether oxygens (including phenoxy) is 2. The highest BCUT2D eigenvalue weighted by Crippen LogP contribution is 2.37. The number of carbonyl (C=O) groups is 2. The second kappa shape index (κ2) is 13.0. The van der Waals surface area contributed by atoms with Crippen LogP contribution in [0.2, 0.25) is 0 Å². The zero-order valence-electron chi connectivity index (χ0n) is 21.8. The first kappa shape index (κ1) is 27.1. The summed E-state index contributed by atoms with van der Waals surface area (Å²) in [5.74, 6) is 0.522. The molecular formula is C31H34N2O5. The van der Waals surface area contributed by atoms with Gasteiger partial charge in [0, 0.05) is 38.2 Å².